The Balaban J connectivity index is 0.762. The number of carboxylic acids is 1. The number of carboxylic acid groups (broad SMARTS) is 1. The first kappa shape index (κ1) is 46.6. The molecule has 21 nitrogen and oxygen atoms in total. The second-order valence-corrected chi connectivity index (χ2v) is 16.3. The number of nitrogens with one attached hydrogen (secondary N) is 5. The van der Waals surface area contributed by atoms with Crippen molar-refractivity contribution in [3.63, 3.8) is 0 Å². The molecule has 1 aliphatic heterocycles. The maximum Gasteiger partial charge on any atom is 0.320 e. The Labute approximate surface area is 394 Å². The van der Waals surface area contributed by atoms with Crippen LogP contribution in [0.5, 0.6) is 0 Å². The second-order valence-electron chi connectivity index (χ2n) is 15.9. The Bertz CT molecular complexity index is 2910. The Morgan fingerprint density at radius 1 is 0.853 bits per heavy atom. The van der Waals surface area contributed by atoms with Gasteiger partial charge in [0.05, 0.1) is 35.1 Å². The van der Waals surface area contributed by atoms with E-state index in [9.17, 15) is 24.3 Å². The lowest BCUT2D eigenvalue weighted by atomic mass is 9.98. The van der Waals surface area contributed by atoms with Crippen molar-refractivity contribution < 1.29 is 28.7 Å². The number of hydrogen-bond donors (Lipinski definition) is 7. The molecule has 1 aliphatic rings. The molecule has 0 saturated carbocycles. The van der Waals surface area contributed by atoms with E-state index < -0.39 is 23.8 Å². The van der Waals surface area contributed by atoms with Gasteiger partial charge in [-0.25, -0.2) is 4.98 Å². The summed E-state index contributed by atoms with van der Waals surface area (Å²) in [6, 6.07) is 17.0. The predicted molar refractivity (Wildman–Crippen MR) is 253 cm³/mol. The van der Waals surface area contributed by atoms with Crippen molar-refractivity contribution >= 4 is 64.3 Å². The van der Waals surface area contributed by atoms with Crippen molar-refractivity contribution in [3.8, 4) is 22.7 Å². The van der Waals surface area contributed by atoms with Gasteiger partial charge in [-0.3, -0.25) is 34.0 Å². The largest absolute Gasteiger partial charge is 0.480 e. The van der Waals surface area contributed by atoms with Crippen LogP contribution in [0.4, 0.5) is 23.3 Å². The fourth-order valence-corrected chi connectivity index (χ4v) is 7.90. The molecule has 7 aromatic rings. The number of pyridine rings is 1. The van der Waals surface area contributed by atoms with E-state index in [1.54, 1.807) is 54.7 Å². The number of nitrogens with zero attached hydrogens (tertiary/aromatic N) is 9. The molecule has 22 heteroatoms. The lowest BCUT2D eigenvalue weighted by Crippen LogP contribution is -2.44. The number of halogens is 1. The summed E-state index contributed by atoms with van der Waals surface area (Å²) in [6.07, 6.45) is 9.27. The van der Waals surface area contributed by atoms with Crippen LogP contribution in [0, 0.1) is 6.92 Å². The minimum Gasteiger partial charge on any atom is -0.480 e. The van der Waals surface area contributed by atoms with Crippen LogP contribution in [-0.4, -0.2) is 105 Å². The highest BCUT2D eigenvalue weighted by Gasteiger charge is 2.28. The monoisotopic (exact) mass is 941 g/mol. The molecule has 5 aromatic heterocycles. The van der Waals surface area contributed by atoms with Crippen LogP contribution in [0.15, 0.2) is 89.9 Å². The number of hydrogen-bond acceptors (Lipinski definition) is 16. The predicted octanol–water partition coefficient (Wildman–Crippen LogP) is 5.22. The summed E-state index contributed by atoms with van der Waals surface area (Å²) in [5.74, 6) is -0.391. The third-order valence-corrected chi connectivity index (χ3v) is 11.6. The van der Waals surface area contributed by atoms with E-state index in [-0.39, 0.29) is 41.4 Å². The molecule has 3 amide bonds. The van der Waals surface area contributed by atoms with Gasteiger partial charge in [-0.1, -0.05) is 48.4 Å². The molecule has 8 N–H and O–H groups in total. The van der Waals surface area contributed by atoms with Crippen LogP contribution in [0.25, 0.3) is 28.5 Å². The van der Waals surface area contributed by atoms with Gasteiger partial charge in [-0.05, 0) is 79.8 Å². The zero-order chi connectivity index (χ0) is 47.6. The van der Waals surface area contributed by atoms with E-state index in [4.69, 9.17) is 21.8 Å². The average molecular weight is 942 g/mol. The second kappa shape index (κ2) is 21.6. The third-order valence-electron chi connectivity index (χ3n) is 11.2. The summed E-state index contributed by atoms with van der Waals surface area (Å²) in [5.41, 5.74) is 10.8. The number of rotatable bonds is 19. The minimum absolute atomic E-state index is 0.106. The molecule has 8 rings (SSSR count). The number of aliphatic carboxylic acids is 1. The quantitative estimate of drug-likeness (QED) is 0.0512. The first-order valence-electron chi connectivity index (χ1n) is 21.9. The van der Waals surface area contributed by atoms with Gasteiger partial charge >= 0.3 is 5.97 Å². The van der Waals surface area contributed by atoms with Crippen molar-refractivity contribution in [2.45, 2.75) is 58.2 Å². The molecule has 350 valence electrons. The molecule has 0 spiro atoms. The normalized spacial score (nSPS) is 13.8. The molecule has 0 radical (unpaired) electrons. The number of likely N-dealkylation sites (tertiary alicyclic amines) is 1. The number of benzene rings is 2. The molecular formula is C46H48ClN15O6. The number of piperidine rings is 1. The fourth-order valence-electron chi connectivity index (χ4n) is 7.62. The number of carbonyl (C=O) groups is 4. The Hall–Kier alpha value is -7.88. The Kier molecular flexibility index (Phi) is 14.8. The van der Waals surface area contributed by atoms with Crippen molar-refractivity contribution in [1.29, 1.82) is 0 Å². The van der Waals surface area contributed by atoms with Gasteiger partial charge in [0.1, 0.15) is 17.4 Å². The van der Waals surface area contributed by atoms with Gasteiger partial charge in [0.15, 0.2) is 5.76 Å². The van der Waals surface area contributed by atoms with Gasteiger partial charge in [0, 0.05) is 56.6 Å². The van der Waals surface area contributed by atoms with Crippen LogP contribution in [-0.2, 0) is 22.7 Å². The van der Waals surface area contributed by atoms with E-state index in [0.717, 1.165) is 29.5 Å². The minimum atomic E-state index is -0.829. The van der Waals surface area contributed by atoms with E-state index in [1.165, 1.54) is 23.2 Å². The molecule has 68 heavy (non-hydrogen) atoms. The molecular weight excluding hydrogens is 894 g/mol. The van der Waals surface area contributed by atoms with Crippen molar-refractivity contribution in [1.82, 2.24) is 55.1 Å². The summed E-state index contributed by atoms with van der Waals surface area (Å²) >= 11 is 6.89. The molecule has 6 heterocycles. The van der Waals surface area contributed by atoms with Gasteiger partial charge in [-0.2, -0.15) is 19.5 Å². The van der Waals surface area contributed by atoms with Crippen molar-refractivity contribution in [2.24, 2.45) is 0 Å². The summed E-state index contributed by atoms with van der Waals surface area (Å²) in [7, 11) is 0. The Morgan fingerprint density at radius 3 is 2.41 bits per heavy atom. The lowest BCUT2D eigenvalue weighted by molar-refractivity contribution is -0.144. The van der Waals surface area contributed by atoms with E-state index in [0.29, 0.717) is 91.3 Å². The third kappa shape index (κ3) is 11.4. The summed E-state index contributed by atoms with van der Waals surface area (Å²) in [5, 5.41) is 29.1. The first-order chi connectivity index (χ1) is 33.0. The number of amides is 3. The van der Waals surface area contributed by atoms with Crippen LogP contribution < -0.4 is 32.3 Å². The molecule has 2 aromatic carbocycles. The number of nitrogen functional groups attached to an aromatic ring is 1. The molecule has 1 atom stereocenters. The van der Waals surface area contributed by atoms with E-state index in [1.807, 2.05) is 24.0 Å². The highest BCUT2D eigenvalue weighted by Crippen LogP contribution is 2.37. The maximum atomic E-state index is 13.3. The zero-order valence-corrected chi connectivity index (χ0v) is 37.7. The summed E-state index contributed by atoms with van der Waals surface area (Å²) in [4.78, 5) is 78.6. The van der Waals surface area contributed by atoms with Gasteiger partial charge < -0.3 is 41.8 Å². The first-order valence-corrected chi connectivity index (χ1v) is 22.3. The summed E-state index contributed by atoms with van der Waals surface area (Å²) in [6.45, 7) is 4.67. The van der Waals surface area contributed by atoms with Crippen LogP contribution >= 0.6 is 11.6 Å². The highest BCUT2D eigenvalue weighted by molar-refractivity contribution is 6.36. The van der Waals surface area contributed by atoms with Crippen molar-refractivity contribution in [3.05, 3.63) is 119 Å². The number of furan rings is 1. The maximum absolute atomic E-state index is 13.3. The van der Waals surface area contributed by atoms with Gasteiger partial charge in [-0.15, -0.1) is 5.10 Å². The standard InChI is InChI=1S/C46H48ClN15O6/c1-27-30(31-9-5-11-33(39(31)47)56-41(64)34-16-15-28(22-53-34)26-61-20-3-2-12-36(61)43(66)67)8-4-10-32(27)55-42(65)35-25-52-29(24-54-35)23-49-18-19-50-38(63)14-6-17-51-45-58-44(48)62-46(59-45)57-40(60-62)37-13-7-21-68-37/h4-5,7-11,13,15-16,21-22,24-25,36,49H,2-3,6,12,14,17-20,23,26H2,1H3,(H,50,63)(H,55,65)(H,56,64)(H,66,67)(H3,48,51,57,58,59,60)/t36-/m0/s1. The number of fused-ring (bicyclic) bond motifs is 1. The average Bonchev–Trinajstić information content (AvgIpc) is 4.04. The smallest absolute Gasteiger partial charge is 0.320 e. The zero-order valence-electron chi connectivity index (χ0n) is 36.9. The van der Waals surface area contributed by atoms with Crippen LogP contribution in [0.3, 0.4) is 0 Å². The molecule has 0 bridgehead atoms. The number of aromatic nitrogens is 8. The molecule has 0 unspecified atom stereocenters. The van der Waals surface area contributed by atoms with E-state index >= 15 is 0 Å². The van der Waals surface area contributed by atoms with Gasteiger partial charge in [0.25, 0.3) is 17.6 Å². The molecule has 1 saturated heterocycles. The lowest BCUT2D eigenvalue weighted by Gasteiger charge is -2.32. The van der Waals surface area contributed by atoms with Crippen molar-refractivity contribution in [2.75, 3.05) is 47.9 Å². The van der Waals surface area contributed by atoms with E-state index in [2.05, 4.69) is 61.6 Å². The number of anilines is 4. The highest BCUT2D eigenvalue weighted by atomic mass is 35.5. The molecule has 0 aliphatic carbocycles. The topological polar surface area (TPSA) is 286 Å². The SMILES string of the molecule is Cc1c(NC(=O)c2cnc(CNCCNC(=O)CCCNc3nc(N)n4nc(-c5ccco5)nc4n3)cn2)cccc1-c1cccc(NC(=O)c2ccc(CN3CCCC[C@H]3C(=O)O)cn2)c1Cl. The summed E-state index contributed by atoms with van der Waals surface area (Å²) < 4.78 is 6.66. The van der Waals surface area contributed by atoms with Gasteiger partial charge in [0.2, 0.25) is 23.6 Å². The molecule has 1 fully saturated rings. The Morgan fingerprint density at radius 2 is 1.65 bits per heavy atom. The number of carbonyl (C=O) groups excluding carboxylic acids is 3. The van der Waals surface area contributed by atoms with Crippen LogP contribution in [0.2, 0.25) is 5.02 Å². The fraction of sp³-hybridized carbons (Fsp3) is 0.283. The van der Waals surface area contributed by atoms with Crippen LogP contribution in [0.1, 0.15) is 69.9 Å². The number of nitrogens with two attached hydrogens (primary N) is 1.